The van der Waals surface area contributed by atoms with Gasteiger partial charge in [0.15, 0.2) is 5.82 Å². The zero-order chi connectivity index (χ0) is 14.2. The van der Waals surface area contributed by atoms with Crippen LogP contribution >= 0.6 is 0 Å². The number of methoxy groups -OCH3 is 1. The third-order valence-electron chi connectivity index (χ3n) is 3.86. The predicted octanol–water partition coefficient (Wildman–Crippen LogP) is 1.39. The molecule has 1 aliphatic rings. The second-order valence-corrected chi connectivity index (χ2v) is 5.33. The van der Waals surface area contributed by atoms with Gasteiger partial charge in [-0.15, -0.1) is 0 Å². The standard InChI is InChI=1S/C14H25N3O3/c1-19-10-7-13-15-14(20-16-13)11-17(8-9-18)12-5-3-2-4-6-12/h12,18H,2-11H2,1H3. The van der Waals surface area contributed by atoms with Crippen molar-refractivity contribution in [1.82, 2.24) is 15.0 Å². The van der Waals surface area contributed by atoms with E-state index in [1.165, 1.54) is 32.1 Å². The highest BCUT2D eigenvalue weighted by molar-refractivity contribution is 4.88. The van der Waals surface area contributed by atoms with Crippen LogP contribution < -0.4 is 0 Å². The summed E-state index contributed by atoms with van der Waals surface area (Å²) in [4.78, 5) is 6.65. The fourth-order valence-electron chi connectivity index (χ4n) is 2.79. The largest absolute Gasteiger partial charge is 0.395 e. The molecule has 1 aromatic heterocycles. The van der Waals surface area contributed by atoms with Gasteiger partial charge in [0, 0.05) is 26.1 Å². The van der Waals surface area contributed by atoms with E-state index in [4.69, 9.17) is 9.26 Å². The minimum atomic E-state index is 0.168. The van der Waals surface area contributed by atoms with Crippen molar-refractivity contribution >= 4 is 0 Å². The van der Waals surface area contributed by atoms with E-state index in [2.05, 4.69) is 15.0 Å². The molecule has 0 atom stereocenters. The lowest BCUT2D eigenvalue weighted by atomic mass is 9.94. The molecule has 0 radical (unpaired) electrons. The van der Waals surface area contributed by atoms with Crippen molar-refractivity contribution in [3.63, 3.8) is 0 Å². The molecule has 0 spiro atoms. The number of aromatic nitrogens is 2. The number of aliphatic hydroxyl groups is 1. The van der Waals surface area contributed by atoms with E-state index in [-0.39, 0.29) is 6.61 Å². The summed E-state index contributed by atoms with van der Waals surface area (Å²) in [5.41, 5.74) is 0. The zero-order valence-corrected chi connectivity index (χ0v) is 12.3. The highest BCUT2D eigenvalue weighted by Crippen LogP contribution is 2.23. The van der Waals surface area contributed by atoms with Gasteiger partial charge in [0.05, 0.1) is 19.8 Å². The first kappa shape index (κ1) is 15.4. The molecule has 2 rings (SSSR count). The van der Waals surface area contributed by atoms with E-state index < -0.39 is 0 Å². The van der Waals surface area contributed by atoms with Gasteiger partial charge in [0.25, 0.3) is 0 Å². The fraction of sp³-hybridized carbons (Fsp3) is 0.857. The lowest BCUT2D eigenvalue weighted by Gasteiger charge is -2.32. The molecule has 0 unspecified atom stereocenters. The van der Waals surface area contributed by atoms with Gasteiger partial charge in [-0.25, -0.2) is 0 Å². The molecule has 1 aliphatic carbocycles. The van der Waals surface area contributed by atoms with Crippen molar-refractivity contribution in [2.24, 2.45) is 0 Å². The molecule has 1 saturated carbocycles. The maximum Gasteiger partial charge on any atom is 0.240 e. The predicted molar refractivity (Wildman–Crippen MR) is 74.2 cm³/mol. The Bertz CT molecular complexity index is 377. The van der Waals surface area contributed by atoms with Crippen molar-refractivity contribution in [3.8, 4) is 0 Å². The van der Waals surface area contributed by atoms with E-state index in [0.717, 1.165) is 0 Å². The summed E-state index contributed by atoms with van der Waals surface area (Å²) in [5.74, 6) is 1.32. The molecule has 114 valence electrons. The summed E-state index contributed by atoms with van der Waals surface area (Å²) in [6, 6.07) is 0.533. The Kier molecular flexibility index (Phi) is 6.42. The Morgan fingerprint density at radius 3 is 2.85 bits per heavy atom. The molecular formula is C14H25N3O3. The number of rotatable bonds is 8. The van der Waals surface area contributed by atoms with E-state index in [9.17, 15) is 5.11 Å². The van der Waals surface area contributed by atoms with Crippen LogP contribution in [0.4, 0.5) is 0 Å². The third kappa shape index (κ3) is 4.54. The Morgan fingerprint density at radius 1 is 1.35 bits per heavy atom. The molecule has 1 aromatic rings. The van der Waals surface area contributed by atoms with E-state index in [0.29, 0.717) is 43.9 Å². The number of ether oxygens (including phenoxy) is 1. The van der Waals surface area contributed by atoms with E-state index in [1.54, 1.807) is 7.11 Å². The number of aliphatic hydroxyl groups excluding tert-OH is 1. The lowest BCUT2D eigenvalue weighted by Crippen LogP contribution is -2.38. The highest BCUT2D eigenvalue weighted by Gasteiger charge is 2.22. The van der Waals surface area contributed by atoms with Gasteiger partial charge in [-0.1, -0.05) is 24.4 Å². The lowest BCUT2D eigenvalue weighted by molar-refractivity contribution is 0.105. The molecule has 0 aliphatic heterocycles. The van der Waals surface area contributed by atoms with Crippen LogP contribution in [0.15, 0.2) is 4.52 Å². The van der Waals surface area contributed by atoms with Gasteiger partial charge in [-0.2, -0.15) is 4.98 Å². The average Bonchev–Trinajstić information content (AvgIpc) is 2.93. The minimum absolute atomic E-state index is 0.168. The summed E-state index contributed by atoms with van der Waals surface area (Å²) in [5, 5.41) is 13.2. The first-order chi connectivity index (χ1) is 9.83. The molecule has 1 fully saturated rings. The summed E-state index contributed by atoms with van der Waals surface area (Å²) < 4.78 is 10.3. The fourth-order valence-corrected chi connectivity index (χ4v) is 2.79. The summed E-state index contributed by atoms with van der Waals surface area (Å²) in [6.45, 7) is 2.06. The second-order valence-electron chi connectivity index (χ2n) is 5.33. The van der Waals surface area contributed by atoms with Gasteiger partial charge < -0.3 is 14.4 Å². The van der Waals surface area contributed by atoms with Crippen LogP contribution in [0, 0.1) is 0 Å². The van der Waals surface area contributed by atoms with Crippen LogP contribution in [0.3, 0.4) is 0 Å². The zero-order valence-electron chi connectivity index (χ0n) is 12.3. The van der Waals surface area contributed by atoms with Crippen LogP contribution in [0.1, 0.15) is 43.8 Å². The number of hydrogen-bond acceptors (Lipinski definition) is 6. The quantitative estimate of drug-likeness (QED) is 0.777. The molecule has 6 nitrogen and oxygen atoms in total. The topological polar surface area (TPSA) is 71.6 Å². The normalized spacial score (nSPS) is 16.9. The monoisotopic (exact) mass is 283 g/mol. The van der Waals surface area contributed by atoms with Crippen LogP contribution in [0.2, 0.25) is 0 Å². The molecular weight excluding hydrogens is 258 g/mol. The van der Waals surface area contributed by atoms with Gasteiger partial charge in [0.2, 0.25) is 5.89 Å². The Morgan fingerprint density at radius 2 is 2.15 bits per heavy atom. The van der Waals surface area contributed by atoms with Gasteiger partial charge in [-0.3, -0.25) is 4.90 Å². The molecule has 0 aromatic carbocycles. The van der Waals surface area contributed by atoms with Gasteiger partial charge in [-0.05, 0) is 12.8 Å². The molecule has 20 heavy (non-hydrogen) atoms. The van der Waals surface area contributed by atoms with Crippen molar-refractivity contribution in [2.45, 2.75) is 51.1 Å². The number of nitrogens with zero attached hydrogens (tertiary/aromatic N) is 3. The van der Waals surface area contributed by atoms with Gasteiger partial charge in [0.1, 0.15) is 0 Å². The van der Waals surface area contributed by atoms with E-state index >= 15 is 0 Å². The first-order valence-electron chi connectivity index (χ1n) is 7.48. The van der Waals surface area contributed by atoms with Crippen molar-refractivity contribution < 1.29 is 14.4 Å². The Labute approximate surface area is 120 Å². The number of hydrogen-bond donors (Lipinski definition) is 1. The first-order valence-corrected chi connectivity index (χ1v) is 7.48. The SMILES string of the molecule is COCCc1noc(CN(CCO)C2CCCCC2)n1. The summed E-state index contributed by atoms with van der Waals surface area (Å²) in [6.07, 6.45) is 6.94. The highest BCUT2D eigenvalue weighted by atomic mass is 16.5. The molecule has 0 saturated heterocycles. The van der Waals surface area contributed by atoms with Crippen LogP contribution in [0.5, 0.6) is 0 Å². The smallest absolute Gasteiger partial charge is 0.240 e. The van der Waals surface area contributed by atoms with Crippen molar-refractivity contribution in [1.29, 1.82) is 0 Å². The molecule has 1 heterocycles. The summed E-state index contributed by atoms with van der Waals surface area (Å²) >= 11 is 0. The average molecular weight is 283 g/mol. The maximum atomic E-state index is 9.24. The molecule has 0 bridgehead atoms. The molecule has 1 N–H and O–H groups in total. The minimum Gasteiger partial charge on any atom is -0.395 e. The van der Waals surface area contributed by atoms with Crippen molar-refractivity contribution in [2.75, 3.05) is 26.9 Å². The molecule has 6 heteroatoms. The Hall–Kier alpha value is -0.980. The van der Waals surface area contributed by atoms with E-state index in [1.807, 2.05) is 0 Å². The van der Waals surface area contributed by atoms with Crippen molar-refractivity contribution in [3.05, 3.63) is 11.7 Å². The van der Waals surface area contributed by atoms with Crippen LogP contribution in [-0.2, 0) is 17.7 Å². The van der Waals surface area contributed by atoms with Crippen LogP contribution in [0.25, 0.3) is 0 Å². The Balaban J connectivity index is 1.91. The third-order valence-corrected chi connectivity index (χ3v) is 3.86. The van der Waals surface area contributed by atoms with Crippen LogP contribution in [-0.4, -0.2) is 53.1 Å². The maximum absolute atomic E-state index is 9.24. The molecule has 0 amide bonds. The second kappa shape index (κ2) is 8.34. The summed E-state index contributed by atoms with van der Waals surface area (Å²) in [7, 11) is 1.66. The van der Waals surface area contributed by atoms with Gasteiger partial charge >= 0.3 is 0 Å².